The fourth-order valence-electron chi connectivity index (χ4n) is 10.3. The van der Waals surface area contributed by atoms with Gasteiger partial charge in [0.15, 0.2) is 0 Å². The van der Waals surface area contributed by atoms with Crippen LogP contribution in [0.1, 0.15) is 48.9 Å². The van der Waals surface area contributed by atoms with Gasteiger partial charge in [-0.05, 0) is 142 Å². The van der Waals surface area contributed by atoms with Crippen molar-refractivity contribution in [3.63, 3.8) is 0 Å². The molecule has 1 atom stereocenters. The zero-order chi connectivity index (χ0) is 42.9. The molecule has 64 heavy (non-hydrogen) atoms. The largest absolute Gasteiger partial charge is 0.457 e. The lowest BCUT2D eigenvalue weighted by Crippen LogP contribution is -2.12. The lowest BCUT2D eigenvalue weighted by Gasteiger charge is -2.23. The second-order valence-electron chi connectivity index (χ2n) is 18.3. The fraction of sp³-hybridized carbons (Fsp3) is 0.0806. The molecule has 2 nitrogen and oxygen atoms in total. The number of rotatable bonds is 5. The van der Waals surface area contributed by atoms with E-state index in [2.05, 4.69) is 221 Å². The molecule has 0 saturated carbocycles. The summed E-state index contributed by atoms with van der Waals surface area (Å²) in [6, 6.07) is 75.2. The fourth-order valence-corrected chi connectivity index (χ4v) is 10.3. The molecule has 0 spiro atoms. The first-order valence-electron chi connectivity index (χ1n) is 22.3. The average Bonchev–Trinajstić information content (AvgIpc) is 3.66. The lowest BCUT2D eigenvalue weighted by atomic mass is 9.80. The Labute approximate surface area is 375 Å². The van der Waals surface area contributed by atoms with E-state index in [0.717, 1.165) is 33.5 Å². The second kappa shape index (κ2) is 14.9. The minimum absolute atomic E-state index is 0.0603. The third-order valence-electron chi connectivity index (χ3n) is 13.4. The monoisotopic (exact) mass is 819 g/mol. The molecule has 0 radical (unpaired) electrons. The number of ether oxygens (including phenoxy) is 1. The highest BCUT2D eigenvalue weighted by atomic mass is 16.5. The van der Waals surface area contributed by atoms with Gasteiger partial charge in [-0.15, -0.1) is 0 Å². The number of hydrogen-bond donors (Lipinski definition) is 0. The summed E-state index contributed by atoms with van der Waals surface area (Å²) in [7, 11) is 0. The summed E-state index contributed by atoms with van der Waals surface area (Å²) in [6.45, 7) is 6.84. The van der Waals surface area contributed by atoms with Gasteiger partial charge in [-0.2, -0.15) is 0 Å². The van der Waals surface area contributed by atoms with Gasteiger partial charge >= 0.3 is 0 Å². The number of hydrogen-bond acceptors (Lipinski definition) is 2. The Bertz CT molecular complexity index is 3470. The Morgan fingerprint density at radius 1 is 0.391 bits per heavy atom. The summed E-state index contributed by atoms with van der Waals surface area (Å²) in [5.74, 6) is 1.73. The van der Waals surface area contributed by atoms with Gasteiger partial charge in [0.1, 0.15) is 11.5 Å². The van der Waals surface area contributed by atoms with E-state index >= 15 is 0 Å². The normalized spacial score (nSPS) is 13.4. The van der Waals surface area contributed by atoms with Gasteiger partial charge in [0.2, 0.25) is 0 Å². The van der Waals surface area contributed by atoms with E-state index in [4.69, 9.17) is 9.72 Å². The van der Waals surface area contributed by atoms with E-state index in [1.807, 2.05) is 12.3 Å². The Morgan fingerprint density at radius 3 is 1.66 bits per heavy atom. The molecule has 2 heteroatoms. The van der Waals surface area contributed by atoms with E-state index in [0.29, 0.717) is 0 Å². The van der Waals surface area contributed by atoms with E-state index in [9.17, 15) is 0 Å². The molecule has 1 unspecified atom stereocenters. The number of aromatic nitrogens is 1. The number of benzene rings is 9. The van der Waals surface area contributed by atoms with Crippen molar-refractivity contribution in [2.45, 2.75) is 32.1 Å². The molecule has 304 valence electrons. The molecular formula is C62H45NO. The maximum absolute atomic E-state index is 6.72. The minimum Gasteiger partial charge on any atom is -0.457 e. The van der Waals surface area contributed by atoms with Crippen LogP contribution in [0.2, 0.25) is 0 Å². The molecule has 0 aliphatic heterocycles. The first-order chi connectivity index (χ1) is 31.4. The van der Waals surface area contributed by atoms with Crippen LogP contribution in [0.15, 0.2) is 212 Å². The van der Waals surface area contributed by atoms with Gasteiger partial charge in [-0.25, -0.2) is 0 Å². The molecule has 2 aliphatic rings. The summed E-state index contributed by atoms with van der Waals surface area (Å²) < 4.78 is 6.72. The zero-order valence-electron chi connectivity index (χ0n) is 36.1. The van der Waals surface area contributed by atoms with Gasteiger partial charge in [0, 0.05) is 23.1 Å². The summed E-state index contributed by atoms with van der Waals surface area (Å²) in [5.41, 5.74) is 22.2. The van der Waals surface area contributed by atoms with Crippen molar-refractivity contribution in [1.29, 1.82) is 0 Å². The van der Waals surface area contributed by atoms with Gasteiger partial charge in [-0.3, -0.25) is 4.98 Å². The van der Waals surface area contributed by atoms with E-state index in [1.54, 1.807) is 0 Å². The zero-order valence-corrected chi connectivity index (χ0v) is 36.1. The standard InChI is InChI=1S/C62H45NO/c1-62(2,3)44-16-12-14-42(35-44)60-57-25-11-10-23-53(57)56-31-28-46(38-59(56)60)64-45-17-13-15-43(36-45)61-47-29-26-39(34-41(47)32-33-63-61)40-27-30-55-52-22-7-6-20-50(52)48-18-4-5-19-49(48)51-21-8-9-24-54(51)58(55)37-40/h4-38,60H,1-3H3. The highest BCUT2D eigenvalue weighted by molar-refractivity contribution is 6.04. The third-order valence-corrected chi connectivity index (χ3v) is 13.4. The van der Waals surface area contributed by atoms with Crippen molar-refractivity contribution in [3.05, 3.63) is 235 Å². The quantitative estimate of drug-likeness (QED) is 0.173. The molecule has 0 bridgehead atoms. The SMILES string of the molecule is CC(C)(C)c1cccc(C2c3ccccc3-c3ccc(Oc4cccc(-c5nccc6cc(-c7ccc8c(c7)-c7ccccc7-c7ccccc7-c7ccccc7-8)ccc56)c4)cc32)c1. The van der Waals surface area contributed by atoms with Crippen LogP contribution in [-0.4, -0.2) is 4.98 Å². The van der Waals surface area contributed by atoms with Gasteiger partial charge in [0.05, 0.1) is 5.69 Å². The minimum atomic E-state index is 0.0603. The number of fused-ring (bicyclic) bond motifs is 12. The maximum atomic E-state index is 6.72. The topological polar surface area (TPSA) is 22.1 Å². The van der Waals surface area contributed by atoms with Crippen molar-refractivity contribution >= 4 is 10.8 Å². The van der Waals surface area contributed by atoms with Crippen LogP contribution < -0.4 is 4.74 Å². The van der Waals surface area contributed by atoms with Crippen LogP contribution in [0, 0.1) is 0 Å². The summed E-state index contributed by atoms with van der Waals surface area (Å²) in [4.78, 5) is 4.95. The number of nitrogens with zero attached hydrogens (tertiary/aromatic N) is 1. The molecule has 1 heterocycles. The molecule has 10 aromatic rings. The maximum Gasteiger partial charge on any atom is 0.128 e. The van der Waals surface area contributed by atoms with Crippen LogP contribution in [0.4, 0.5) is 0 Å². The van der Waals surface area contributed by atoms with Gasteiger partial charge in [0.25, 0.3) is 0 Å². The lowest BCUT2D eigenvalue weighted by molar-refractivity contribution is 0.482. The average molecular weight is 820 g/mol. The summed E-state index contributed by atoms with van der Waals surface area (Å²) >= 11 is 0. The predicted molar refractivity (Wildman–Crippen MR) is 266 cm³/mol. The smallest absolute Gasteiger partial charge is 0.128 e. The highest BCUT2D eigenvalue weighted by Crippen LogP contribution is 2.51. The van der Waals surface area contributed by atoms with E-state index in [1.165, 1.54) is 89.0 Å². The molecule has 1 aromatic heterocycles. The van der Waals surface area contributed by atoms with Crippen molar-refractivity contribution in [1.82, 2.24) is 4.98 Å². The third kappa shape index (κ3) is 6.37. The first-order valence-corrected chi connectivity index (χ1v) is 22.3. The Kier molecular flexibility index (Phi) is 8.84. The van der Waals surface area contributed by atoms with Crippen molar-refractivity contribution < 1.29 is 4.74 Å². The Hall–Kier alpha value is -7.81. The van der Waals surface area contributed by atoms with E-state index in [-0.39, 0.29) is 11.3 Å². The van der Waals surface area contributed by atoms with Crippen LogP contribution in [0.25, 0.3) is 88.8 Å². The molecule has 2 aliphatic carbocycles. The molecule has 9 aromatic carbocycles. The summed E-state index contributed by atoms with van der Waals surface area (Å²) in [5, 5.41) is 2.24. The van der Waals surface area contributed by atoms with Crippen LogP contribution in [-0.2, 0) is 5.41 Å². The van der Waals surface area contributed by atoms with Gasteiger partial charge < -0.3 is 4.74 Å². The molecule has 0 amide bonds. The Balaban J connectivity index is 0.883. The molecule has 0 N–H and O–H groups in total. The predicted octanol–water partition coefficient (Wildman–Crippen LogP) is 16.8. The van der Waals surface area contributed by atoms with Crippen LogP contribution >= 0.6 is 0 Å². The van der Waals surface area contributed by atoms with Crippen LogP contribution in [0.5, 0.6) is 11.5 Å². The molecule has 0 fully saturated rings. The van der Waals surface area contributed by atoms with Crippen molar-refractivity contribution in [3.8, 4) is 89.5 Å². The first kappa shape index (κ1) is 37.9. The van der Waals surface area contributed by atoms with E-state index < -0.39 is 0 Å². The molecule has 12 rings (SSSR count). The van der Waals surface area contributed by atoms with Crippen molar-refractivity contribution in [2.75, 3.05) is 0 Å². The second-order valence-corrected chi connectivity index (χ2v) is 18.3. The van der Waals surface area contributed by atoms with Crippen LogP contribution in [0.3, 0.4) is 0 Å². The van der Waals surface area contributed by atoms with Crippen molar-refractivity contribution in [2.24, 2.45) is 0 Å². The molecular weight excluding hydrogens is 775 g/mol. The number of pyridine rings is 1. The summed E-state index contributed by atoms with van der Waals surface area (Å²) in [6.07, 6.45) is 1.92. The van der Waals surface area contributed by atoms with Gasteiger partial charge in [-0.1, -0.05) is 185 Å². The highest BCUT2D eigenvalue weighted by Gasteiger charge is 2.31. The Morgan fingerprint density at radius 2 is 0.953 bits per heavy atom. The molecule has 0 saturated heterocycles.